The first-order valence-corrected chi connectivity index (χ1v) is 13.4. The van der Waals surface area contributed by atoms with Gasteiger partial charge in [-0.05, 0) is 23.8 Å². The summed E-state index contributed by atoms with van der Waals surface area (Å²) in [5.74, 6) is -0.229. The highest BCUT2D eigenvalue weighted by atomic mass is 32.1. The van der Waals surface area contributed by atoms with Crippen LogP contribution >= 0.6 is 24.0 Å². The summed E-state index contributed by atoms with van der Waals surface area (Å²) in [5.41, 5.74) is 2.39. The molecular formula is C26H26FN7O3S2. The molecule has 3 N–H and O–H groups in total. The van der Waals surface area contributed by atoms with Crippen molar-refractivity contribution >= 4 is 57.6 Å². The number of carbonyl (C=O) groups is 2. The summed E-state index contributed by atoms with van der Waals surface area (Å²) < 4.78 is 15.1. The van der Waals surface area contributed by atoms with Gasteiger partial charge in [0.1, 0.15) is 22.1 Å². The zero-order valence-electron chi connectivity index (χ0n) is 20.7. The Morgan fingerprint density at radius 2 is 2.05 bits per heavy atom. The number of nitrogens with one attached hydrogen (secondary N) is 2. The zero-order valence-corrected chi connectivity index (χ0v) is 22.5. The second-order valence-corrected chi connectivity index (χ2v) is 11.1. The minimum atomic E-state index is -1.35. The first-order valence-electron chi connectivity index (χ1n) is 12.1. The minimum absolute atomic E-state index is 0.0100. The number of aromatic nitrogens is 4. The third-order valence-electron chi connectivity index (χ3n) is 6.34. The molecule has 0 aliphatic carbocycles. The zero-order chi connectivity index (χ0) is 27.6. The minimum Gasteiger partial charge on any atom is -0.378 e. The highest BCUT2D eigenvalue weighted by molar-refractivity contribution is 7.81. The number of benzene rings is 1. The lowest BCUT2D eigenvalue weighted by Gasteiger charge is -2.22. The molecule has 3 aromatic heterocycles. The van der Waals surface area contributed by atoms with Crippen LogP contribution in [0.1, 0.15) is 6.42 Å². The molecule has 1 fully saturated rings. The Morgan fingerprint density at radius 3 is 2.82 bits per heavy atom. The molecule has 10 nitrogen and oxygen atoms in total. The lowest BCUT2D eigenvalue weighted by molar-refractivity contribution is -0.126. The number of pyridine rings is 1. The molecule has 2 atom stereocenters. The predicted octanol–water partition coefficient (Wildman–Crippen LogP) is 3.00. The van der Waals surface area contributed by atoms with Gasteiger partial charge < -0.3 is 20.3 Å². The van der Waals surface area contributed by atoms with Gasteiger partial charge in [-0.3, -0.25) is 14.5 Å². The lowest BCUT2D eigenvalue weighted by atomic mass is 10.1. The third kappa shape index (κ3) is 6.33. The van der Waals surface area contributed by atoms with E-state index in [9.17, 15) is 19.1 Å². The normalized spacial score (nSPS) is 19.3. The van der Waals surface area contributed by atoms with Crippen LogP contribution in [0.2, 0.25) is 0 Å². The number of carbonyl (C=O) groups excluding carboxylic acids is 2. The monoisotopic (exact) mass is 567 g/mol. The fourth-order valence-corrected chi connectivity index (χ4v) is 5.63. The summed E-state index contributed by atoms with van der Waals surface area (Å²) in [4.78, 5) is 39.1. The fraction of sp³-hybridized carbons (Fsp3) is 0.269. The van der Waals surface area contributed by atoms with E-state index in [1.807, 2.05) is 10.6 Å². The summed E-state index contributed by atoms with van der Waals surface area (Å²) in [6.07, 6.45) is 6.36. The molecule has 0 saturated carbocycles. The number of thiazole rings is 1. The summed E-state index contributed by atoms with van der Waals surface area (Å²) in [6, 6.07) is 7.41. The van der Waals surface area contributed by atoms with Crippen LogP contribution in [0.15, 0.2) is 61.7 Å². The van der Waals surface area contributed by atoms with Crippen LogP contribution in [0.3, 0.4) is 0 Å². The van der Waals surface area contributed by atoms with Gasteiger partial charge in [0.25, 0.3) is 0 Å². The Balaban J connectivity index is 1.22. The number of amides is 1. The molecule has 1 unspecified atom stereocenters. The molecule has 202 valence electrons. The van der Waals surface area contributed by atoms with Crippen molar-refractivity contribution in [1.82, 2.24) is 29.7 Å². The standard InChI is InChI=1S/C26H26FN7O3S2/c1-2-18(35)13-34-14-26(37,38)10-21(34)24(36)28-7-8-33-15-31-19-11-29-23(9-20(19)33)32-25-30-12-22(39-25)16-3-5-17(27)6-4-16/h2-6,9,11-12,15,21,37-38H,1,7-8,10,13-14H2,(H,28,36)(H,29,30,32)/t21-,26?/m0/s1. The van der Waals surface area contributed by atoms with Crippen molar-refractivity contribution in [3.63, 3.8) is 0 Å². The number of imidazole rings is 1. The van der Waals surface area contributed by atoms with E-state index in [2.05, 4.69) is 44.8 Å². The molecule has 1 amide bonds. The second-order valence-electron chi connectivity index (χ2n) is 9.23. The molecule has 1 aliphatic heterocycles. The number of thiol groups is 1. The Morgan fingerprint density at radius 1 is 1.26 bits per heavy atom. The van der Waals surface area contributed by atoms with Gasteiger partial charge in [0.15, 0.2) is 10.9 Å². The lowest BCUT2D eigenvalue weighted by Crippen LogP contribution is -2.45. The molecule has 1 aromatic carbocycles. The van der Waals surface area contributed by atoms with Crippen LogP contribution in [0, 0.1) is 5.82 Å². The van der Waals surface area contributed by atoms with Crippen molar-refractivity contribution in [2.75, 3.05) is 25.0 Å². The molecule has 0 spiro atoms. The maximum atomic E-state index is 13.2. The molecule has 1 aliphatic rings. The average molecular weight is 568 g/mol. The molecule has 0 radical (unpaired) electrons. The number of rotatable bonds is 10. The summed E-state index contributed by atoms with van der Waals surface area (Å²) in [5, 5.41) is 17.1. The van der Waals surface area contributed by atoms with Crippen molar-refractivity contribution in [1.29, 1.82) is 0 Å². The molecule has 13 heteroatoms. The highest BCUT2D eigenvalue weighted by Gasteiger charge is 2.43. The average Bonchev–Trinajstić information content (AvgIpc) is 3.61. The van der Waals surface area contributed by atoms with Gasteiger partial charge in [0.2, 0.25) is 5.91 Å². The van der Waals surface area contributed by atoms with E-state index in [0.717, 1.165) is 16.0 Å². The number of aliphatic hydroxyl groups is 1. The van der Waals surface area contributed by atoms with Crippen LogP contribution < -0.4 is 10.6 Å². The molecular weight excluding hydrogens is 541 g/mol. The van der Waals surface area contributed by atoms with Crippen LogP contribution in [0.25, 0.3) is 21.5 Å². The quantitative estimate of drug-likeness (QED) is 0.131. The van der Waals surface area contributed by atoms with Gasteiger partial charge in [-0.1, -0.05) is 30.0 Å². The van der Waals surface area contributed by atoms with Gasteiger partial charge >= 0.3 is 0 Å². The van der Waals surface area contributed by atoms with Gasteiger partial charge in [0.05, 0.1) is 35.5 Å². The molecule has 39 heavy (non-hydrogen) atoms. The first-order chi connectivity index (χ1) is 18.7. The van der Waals surface area contributed by atoms with Crippen molar-refractivity contribution in [2.24, 2.45) is 0 Å². The molecule has 4 heterocycles. The van der Waals surface area contributed by atoms with E-state index in [1.165, 1.54) is 29.5 Å². The van der Waals surface area contributed by atoms with Gasteiger partial charge in [-0.2, -0.15) is 0 Å². The van der Waals surface area contributed by atoms with Crippen molar-refractivity contribution < 1.29 is 19.1 Å². The molecule has 4 aromatic rings. The van der Waals surface area contributed by atoms with Crippen molar-refractivity contribution in [3.8, 4) is 10.4 Å². The summed E-state index contributed by atoms with van der Waals surface area (Å²) >= 11 is 5.64. The largest absolute Gasteiger partial charge is 0.378 e. The Kier molecular flexibility index (Phi) is 7.75. The number of halogens is 1. The number of fused-ring (bicyclic) bond motifs is 1. The first kappa shape index (κ1) is 26.9. The number of likely N-dealkylation sites (tertiary alicyclic amines) is 1. The second kappa shape index (κ2) is 11.2. The fourth-order valence-electron chi connectivity index (χ4n) is 4.44. The van der Waals surface area contributed by atoms with Gasteiger partial charge in [0, 0.05) is 38.3 Å². The highest BCUT2D eigenvalue weighted by Crippen LogP contribution is 2.31. The van der Waals surface area contributed by atoms with Crippen LogP contribution in [-0.4, -0.2) is 71.8 Å². The van der Waals surface area contributed by atoms with E-state index in [-0.39, 0.29) is 37.0 Å². The number of hydrogen-bond donors (Lipinski definition) is 4. The molecule has 0 bridgehead atoms. The number of nitrogens with zero attached hydrogens (tertiary/aromatic N) is 5. The van der Waals surface area contributed by atoms with E-state index >= 15 is 0 Å². The predicted molar refractivity (Wildman–Crippen MR) is 150 cm³/mol. The number of anilines is 2. The molecule has 1 saturated heterocycles. The Hall–Kier alpha value is -3.65. The van der Waals surface area contributed by atoms with E-state index in [0.29, 0.717) is 29.6 Å². The van der Waals surface area contributed by atoms with Crippen molar-refractivity contribution in [2.45, 2.75) is 23.9 Å². The van der Waals surface area contributed by atoms with Crippen LogP contribution in [-0.2, 0) is 16.1 Å². The SMILES string of the molecule is C=CC(=O)CN1CC(O)(S)C[C@H]1C(=O)NCCn1cnc2cnc(Nc3ncc(-c4ccc(F)cc4)s3)cc21. The van der Waals surface area contributed by atoms with Crippen molar-refractivity contribution in [3.05, 3.63) is 67.5 Å². The number of ketones is 1. The van der Waals surface area contributed by atoms with Gasteiger partial charge in [-0.25, -0.2) is 19.3 Å². The molecule has 5 rings (SSSR count). The Labute approximate surface area is 233 Å². The maximum absolute atomic E-state index is 13.2. The van der Waals surface area contributed by atoms with Gasteiger partial charge in [-0.15, -0.1) is 12.6 Å². The Bertz CT molecular complexity index is 1520. The van der Waals surface area contributed by atoms with Crippen LogP contribution in [0.5, 0.6) is 0 Å². The smallest absolute Gasteiger partial charge is 0.237 e. The summed E-state index contributed by atoms with van der Waals surface area (Å²) in [6.45, 7) is 4.32. The van der Waals surface area contributed by atoms with Crippen LogP contribution in [0.4, 0.5) is 15.3 Å². The van der Waals surface area contributed by atoms with E-state index in [1.54, 1.807) is 35.8 Å². The third-order valence-corrected chi connectivity index (χ3v) is 7.62. The number of β-amino-alcohol motifs (C(OH)–C–C–N with tert-alkyl or cyclic N) is 1. The van der Waals surface area contributed by atoms with E-state index < -0.39 is 11.0 Å². The topological polar surface area (TPSA) is 125 Å². The van der Waals surface area contributed by atoms with E-state index in [4.69, 9.17) is 0 Å². The maximum Gasteiger partial charge on any atom is 0.237 e. The number of hydrogen-bond acceptors (Lipinski definition) is 10. The summed E-state index contributed by atoms with van der Waals surface area (Å²) in [7, 11) is 0.